The number of carboxylic acid groups (broad SMARTS) is 1. The number of carbonyl (C=O) groups excluding carboxylic acids is 1. The summed E-state index contributed by atoms with van der Waals surface area (Å²) in [5.74, 6) is -0.0201. The molecule has 32 heavy (non-hydrogen) atoms. The molecule has 3 aromatic rings. The van der Waals surface area contributed by atoms with Crippen LogP contribution in [0.1, 0.15) is 42.6 Å². The Morgan fingerprint density at radius 3 is 2.69 bits per heavy atom. The highest BCUT2D eigenvalue weighted by Crippen LogP contribution is 2.30. The SMILES string of the molecule is COc1cc(OCCCCCCC(=O)O)ccc1NC(=O)c1cccc(-c2ccn[nH]2)n1. The molecule has 0 atom stereocenters. The highest BCUT2D eigenvalue weighted by atomic mass is 16.5. The number of methoxy groups -OCH3 is 1. The maximum absolute atomic E-state index is 12.7. The van der Waals surface area contributed by atoms with Crippen LogP contribution >= 0.6 is 0 Å². The van der Waals surface area contributed by atoms with E-state index in [-0.39, 0.29) is 18.0 Å². The fraction of sp³-hybridized carbons (Fsp3) is 0.304. The number of carboxylic acids is 1. The van der Waals surface area contributed by atoms with Gasteiger partial charge in [-0.1, -0.05) is 18.9 Å². The zero-order chi connectivity index (χ0) is 22.8. The molecule has 0 aliphatic carbocycles. The summed E-state index contributed by atoms with van der Waals surface area (Å²) in [5, 5.41) is 18.2. The Morgan fingerprint density at radius 1 is 1.09 bits per heavy atom. The van der Waals surface area contributed by atoms with Crippen LogP contribution in [0.15, 0.2) is 48.7 Å². The predicted molar refractivity (Wildman–Crippen MR) is 119 cm³/mol. The lowest BCUT2D eigenvalue weighted by Crippen LogP contribution is -2.14. The number of hydrogen-bond donors (Lipinski definition) is 3. The Bertz CT molecular complexity index is 1040. The van der Waals surface area contributed by atoms with Crippen molar-refractivity contribution in [3.8, 4) is 22.9 Å². The second-order valence-corrected chi connectivity index (χ2v) is 7.10. The quantitative estimate of drug-likeness (QED) is 0.363. The van der Waals surface area contributed by atoms with Gasteiger partial charge in [-0.2, -0.15) is 5.10 Å². The predicted octanol–water partition coefficient (Wildman–Crippen LogP) is 4.15. The smallest absolute Gasteiger partial charge is 0.303 e. The molecule has 0 radical (unpaired) electrons. The molecule has 168 valence electrons. The van der Waals surface area contributed by atoms with Crippen LogP contribution in [0, 0.1) is 0 Å². The molecule has 9 heteroatoms. The first-order valence-electron chi connectivity index (χ1n) is 10.4. The zero-order valence-electron chi connectivity index (χ0n) is 17.8. The summed E-state index contributed by atoms with van der Waals surface area (Å²) in [6, 6.07) is 12.2. The number of aliphatic carboxylic acids is 1. The van der Waals surface area contributed by atoms with E-state index >= 15 is 0 Å². The largest absolute Gasteiger partial charge is 0.494 e. The van der Waals surface area contributed by atoms with Crippen molar-refractivity contribution in [1.29, 1.82) is 0 Å². The van der Waals surface area contributed by atoms with Crippen molar-refractivity contribution >= 4 is 17.6 Å². The maximum Gasteiger partial charge on any atom is 0.303 e. The number of carbonyl (C=O) groups is 2. The van der Waals surface area contributed by atoms with Gasteiger partial charge in [0.05, 0.1) is 30.8 Å². The third kappa shape index (κ3) is 6.56. The number of H-pyrrole nitrogens is 1. The first-order chi connectivity index (χ1) is 15.6. The molecular formula is C23H26N4O5. The third-order valence-corrected chi connectivity index (χ3v) is 4.73. The van der Waals surface area contributed by atoms with E-state index in [0.29, 0.717) is 35.9 Å². The van der Waals surface area contributed by atoms with Crippen LogP contribution in [0.4, 0.5) is 5.69 Å². The van der Waals surface area contributed by atoms with Gasteiger partial charge in [-0.15, -0.1) is 0 Å². The van der Waals surface area contributed by atoms with Gasteiger partial charge in [0, 0.05) is 18.7 Å². The molecule has 0 saturated heterocycles. The molecule has 0 bridgehead atoms. The maximum atomic E-state index is 12.7. The molecule has 2 aromatic heterocycles. The number of nitrogens with one attached hydrogen (secondary N) is 2. The minimum absolute atomic E-state index is 0.203. The van der Waals surface area contributed by atoms with Crippen molar-refractivity contribution in [2.75, 3.05) is 19.0 Å². The molecule has 9 nitrogen and oxygen atoms in total. The molecule has 0 unspecified atom stereocenters. The van der Waals surface area contributed by atoms with E-state index in [0.717, 1.165) is 25.0 Å². The lowest BCUT2D eigenvalue weighted by Gasteiger charge is -2.13. The first-order valence-corrected chi connectivity index (χ1v) is 10.4. The van der Waals surface area contributed by atoms with Crippen molar-refractivity contribution in [3.63, 3.8) is 0 Å². The average Bonchev–Trinajstić information content (AvgIpc) is 3.34. The van der Waals surface area contributed by atoms with Gasteiger partial charge < -0.3 is 19.9 Å². The number of aromatic nitrogens is 3. The molecule has 0 fully saturated rings. The molecule has 3 N–H and O–H groups in total. The van der Waals surface area contributed by atoms with Crippen LogP contribution in [0.2, 0.25) is 0 Å². The van der Waals surface area contributed by atoms with Crippen molar-refractivity contribution < 1.29 is 24.2 Å². The lowest BCUT2D eigenvalue weighted by atomic mass is 10.1. The van der Waals surface area contributed by atoms with E-state index in [1.165, 1.54) is 7.11 Å². The van der Waals surface area contributed by atoms with Crippen molar-refractivity contribution in [2.24, 2.45) is 0 Å². The molecule has 3 rings (SSSR count). The number of hydrogen-bond acceptors (Lipinski definition) is 6. The highest BCUT2D eigenvalue weighted by Gasteiger charge is 2.13. The van der Waals surface area contributed by atoms with E-state index in [2.05, 4.69) is 20.5 Å². The summed E-state index contributed by atoms with van der Waals surface area (Å²) in [7, 11) is 1.52. The van der Waals surface area contributed by atoms with E-state index in [4.69, 9.17) is 14.6 Å². The summed E-state index contributed by atoms with van der Waals surface area (Å²) < 4.78 is 11.2. The van der Waals surface area contributed by atoms with Gasteiger partial charge in [-0.3, -0.25) is 14.7 Å². The van der Waals surface area contributed by atoms with Crippen molar-refractivity contribution in [1.82, 2.24) is 15.2 Å². The van der Waals surface area contributed by atoms with Gasteiger partial charge in [0.2, 0.25) is 0 Å². The van der Waals surface area contributed by atoms with E-state index in [1.54, 1.807) is 48.7 Å². The number of ether oxygens (including phenoxy) is 2. The summed E-state index contributed by atoms with van der Waals surface area (Å²) in [5.41, 5.74) is 2.11. The van der Waals surface area contributed by atoms with Crippen LogP contribution in [0.25, 0.3) is 11.4 Å². The second kappa shape index (κ2) is 11.5. The van der Waals surface area contributed by atoms with Gasteiger partial charge in [0.15, 0.2) is 0 Å². The molecule has 1 aromatic carbocycles. The average molecular weight is 438 g/mol. The standard InChI is InChI=1S/C23H26N4O5/c1-31-21-15-16(32-14-5-3-2-4-9-22(28)29)10-11-19(21)26-23(30)20-8-6-7-17(25-20)18-12-13-24-27-18/h6-8,10-13,15H,2-5,9,14H2,1H3,(H,24,27)(H,26,30)(H,28,29). The van der Waals surface area contributed by atoms with Crippen molar-refractivity contribution in [3.05, 3.63) is 54.4 Å². The van der Waals surface area contributed by atoms with E-state index < -0.39 is 5.97 Å². The molecule has 0 aliphatic rings. The topological polar surface area (TPSA) is 126 Å². The molecule has 2 heterocycles. The number of pyridine rings is 1. The van der Waals surface area contributed by atoms with Crippen LogP contribution < -0.4 is 14.8 Å². The monoisotopic (exact) mass is 438 g/mol. The minimum atomic E-state index is -0.762. The Morgan fingerprint density at radius 2 is 1.94 bits per heavy atom. The number of amides is 1. The van der Waals surface area contributed by atoms with Gasteiger partial charge in [-0.05, 0) is 43.2 Å². The summed E-state index contributed by atoms with van der Waals surface area (Å²) >= 11 is 0. The summed E-state index contributed by atoms with van der Waals surface area (Å²) in [6.07, 6.45) is 5.10. The zero-order valence-corrected chi connectivity index (χ0v) is 17.8. The van der Waals surface area contributed by atoms with Crippen LogP contribution in [-0.4, -0.2) is 45.9 Å². The fourth-order valence-electron chi connectivity index (χ4n) is 3.08. The number of nitrogens with zero attached hydrogens (tertiary/aromatic N) is 2. The number of aromatic amines is 1. The van der Waals surface area contributed by atoms with Crippen LogP contribution in [0.3, 0.4) is 0 Å². The second-order valence-electron chi connectivity index (χ2n) is 7.10. The lowest BCUT2D eigenvalue weighted by molar-refractivity contribution is -0.137. The Labute approximate surface area is 185 Å². The number of rotatable bonds is 12. The van der Waals surface area contributed by atoms with Gasteiger partial charge >= 0.3 is 5.97 Å². The van der Waals surface area contributed by atoms with Crippen LogP contribution in [-0.2, 0) is 4.79 Å². The van der Waals surface area contributed by atoms with Crippen LogP contribution in [0.5, 0.6) is 11.5 Å². The van der Waals surface area contributed by atoms with Crippen molar-refractivity contribution in [2.45, 2.75) is 32.1 Å². The molecule has 1 amide bonds. The minimum Gasteiger partial charge on any atom is -0.494 e. The van der Waals surface area contributed by atoms with Gasteiger partial charge in [0.25, 0.3) is 5.91 Å². The third-order valence-electron chi connectivity index (χ3n) is 4.73. The van der Waals surface area contributed by atoms with E-state index in [1.807, 2.05) is 0 Å². The van der Waals surface area contributed by atoms with Gasteiger partial charge in [-0.25, -0.2) is 4.98 Å². The summed E-state index contributed by atoms with van der Waals surface area (Å²) in [6.45, 7) is 0.520. The molecule has 0 spiro atoms. The molecule has 0 saturated carbocycles. The number of anilines is 1. The van der Waals surface area contributed by atoms with E-state index in [9.17, 15) is 9.59 Å². The Hall–Kier alpha value is -3.88. The highest BCUT2D eigenvalue weighted by molar-refractivity contribution is 6.04. The summed E-state index contributed by atoms with van der Waals surface area (Å²) in [4.78, 5) is 27.6. The Kier molecular flexibility index (Phi) is 8.19. The normalized spacial score (nSPS) is 10.5. The van der Waals surface area contributed by atoms with Gasteiger partial charge in [0.1, 0.15) is 17.2 Å². The number of benzene rings is 1. The molecular weight excluding hydrogens is 412 g/mol. The first kappa shape index (κ1) is 22.8. The fourth-order valence-corrected chi connectivity index (χ4v) is 3.08. The Balaban J connectivity index is 1.55. The number of unbranched alkanes of at least 4 members (excludes halogenated alkanes) is 3. The molecule has 0 aliphatic heterocycles.